The lowest BCUT2D eigenvalue weighted by Gasteiger charge is -2.48. The second-order valence-corrected chi connectivity index (χ2v) is 47.8. The van der Waals surface area contributed by atoms with Gasteiger partial charge in [0.2, 0.25) is 0 Å². The molecule has 4 nitrogen and oxygen atoms in total. The van der Waals surface area contributed by atoms with Crippen LogP contribution in [0.15, 0.2) is 188 Å². The molecular weight excluding hydrogens is 1460 g/mol. The van der Waals surface area contributed by atoms with E-state index in [1.165, 1.54) is 224 Å². The first-order chi connectivity index (χ1) is 56.6. The summed E-state index contributed by atoms with van der Waals surface area (Å²) >= 11 is 0. The molecule has 13 aromatic rings. The van der Waals surface area contributed by atoms with Crippen LogP contribution in [0.3, 0.4) is 0 Å². The van der Waals surface area contributed by atoms with Gasteiger partial charge in [0.25, 0.3) is 13.4 Å². The van der Waals surface area contributed by atoms with E-state index < -0.39 is 5.41 Å². The first kappa shape index (κ1) is 77.3. The van der Waals surface area contributed by atoms with Crippen LogP contribution < -0.4 is 42.6 Å². The Morgan fingerprint density at radius 2 is 0.760 bits per heavy atom. The van der Waals surface area contributed by atoms with Crippen molar-refractivity contribution in [2.24, 2.45) is 0 Å². The van der Waals surface area contributed by atoms with Gasteiger partial charge in [-0.1, -0.05) is 302 Å². The Morgan fingerprint density at radius 3 is 1.32 bits per heavy atom. The minimum atomic E-state index is -0.482. The molecule has 610 valence electrons. The zero-order valence-corrected chi connectivity index (χ0v) is 77.6. The minimum Gasteiger partial charge on any atom is -0.311 e. The fraction of sp³-hybridized carbons (Fsp3) is 0.391. The summed E-state index contributed by atoms with van der Waals surface area (Å²) in [7, 11) is 0. The Morgan fingerprint density at radius 1 is 0.306 bits per heavy atom. The summed E-state index contributed by atoms with van der Waals surface area (Å²) in [6.07, 6.45) is 6.40. The number of anilines is 6. The van der Waals surface area contributed by atoms with E-state index in [-0.39, 0.29) is 73.0 Å². The number of aromatic nitrogens is 2. The Balaban J connectivity index is 0.808. The maximum absolute atomic E-state index is 2.88. The lowest BCUT2D eigenvalue weighted by Crippen LogP contribution is -2.61. The third-order valence-corrected chi connectivity index (χ3v) is 32.9. The maximum Gasteiger partial charge on any atom is 0.252 e. The molecule has 4 bridgehead atoms. The van der Waals surface area contributed by atoms with Crippen molar-refractivity contribution in [3.8, 4) is 45.0 Å². The first-order valence-electron chi connectivity index (χ1n) is 46.0. The fourth-order valence-electron chi connectivity index (χ4n) is 25.1. The summed E-state index contributed by atoms with van der Waals surface area (Å²) < 4.78 is 5.66. The average Bonchev–Trinajstić information content (AvgIpc) is 1.55. The highest BCUT2D eigenvalue weighted by molar-refractivity contribution is 7.01. The largest absolute Gasteiger partial charge is 0.311 e. The Bertz CT molecular complexity index is 6810. The van der Waals surface area contributed by atoms with Crippen molar-refractivity contribution in [1.29, 1.82) is 0 Å². The summed E-state index contributed by atoms with van der Waals surface area (Å²) in [5.41, 5.74) is 49.2. The number of hydrogen-bond donors (Lipinski definition) is 0. The molecule has 0 fully saturated rings. The van der Waals surface area contributed by atoms with Crippen LogP contribution in [0.5, 0.6) is 0 Å². The normalized spacial score (nSPS) is 20.1. The molecule has 4 aliphatic carbocycles. The predicted octanol–water partition coefficient (Wildman–Crippen LogP) is 26.3. The lowest BCUT2D eigenvalue weighted by atomic mass is 9.33. The van der Waals surface area contributed by atoms with Crippen molar-refractivity contribution < 1.29 is 0 Å². The smallest absolute Gasteiger partial charge is 0.252 e. The van der Waals surface area contributed by atoms with Gasteiger partial charge >= 0.3 is 0 Å². The molecule has 8 heterocycles. The van der Waals surface area contributed by atoms with Gasteiger partial charge in [0.1, 0.15) is 0 Å². The van der Waals surface area contributed by atoms with Crippen LogP contribution in [0.2, 0.25) is 0 Å². The molecule has 2 unspecified atom stereocenters. The molecule has 2 aromatic heterocycles. The molecule has 0 radical (unpaired) electrons. The highest BCUT2D eigenvalue weighted by Crippen LogP contribution is 2.62. The molecule has 6 aliphatic heterocycles. The van der Waals surface area contributed by atoms with Crippen LogP contribution in [-0.4, -0.2) is 22.6 Å². The van der Waals surface area contributed by atoms with Crippen molar-refractivity contribution in [2.45, 2.75) is 290 Å². The van der Waals surface area contributed by atoms with E-state index in [0.717, 1.165) is 32.1 Å². The van der Waals surface area contributed by atoms with Crippen molar-refractivity contribution in [1.82, 2.24) is 9.13 Å². The molecular formula is C115H124B2N4. The zero-order valence-electron chi connectivity index (χ0n) is 77.6. The number of benzene rings is 11. The van der Waals surface area contributed by atoms with E-state index in [2.05, 4.69) is 394 Å². The molecule has 0 spiro atoms. The molecule has 23 rings (SSSR count). The maximum atomic E-state index is 2.88. The molecule has 10 aliphatic rings. The highest BCUT2D eigenvalue weighted by Gasteiger charge is 2.54. The second kappa shape index (κ2) is 24.0. The summed E-state index contributed by atoms with van der Waals surface area (Å²) in [6, 6.07) is 79.1. The number of nitrogens with zero attached hydrogens (tertiary/aromatic N) is 4. The van der Waals surface area contributed by atoms with E-state index in [9.17, 15) is 0 Å². The van der Waals surface area contributed by atoms with Crippen LogP contribution in [0.25, 0.3) is 66.8 Å². The molecule has 0 saturated carbocycles. The lowest BCUT2D eigenvalue weighted by molar-refractivity contribution is 0.276. The Labute approximate surface area is 723 Å². The van der Waals surface area contributed by atoms with Gasteiger partial charge in [0.05, 0.1) is 17.1 Å². The van der Waals surface area contributed by atoms with Gasteiger partial charge in [0, 0.05) is 94.6 Å². The highest BCUT2D eigenvalue weighted by atomic mass is 15.2. The molecule has 2 atom stereocenters. The fourth-order valence-corrected chi connectivity index (χ4v) is 25.1. The molecule has 0 amide bonds. The predicted molar refractivity (Wildman–Crippen MR) is 520 cm³/mol. The van der Waals surface area contributed by atoms with Crippen molar-refractivity contribution in [3.05, 3.63) is 272 Å². The van der Waals surface area contributed by atoms with Crippen LogP contribution in [-0.2, 0) is 65.0 Å². The molecule has 0 N–H and O–H groups in total. The van der Waals surface area contributed by atoms with Gasteiger partial charge in [-0.3, -0.25) is 0 Å². The average molecular weight is 1580 g/mol. The number of hydrogen-bond acceptors (Lipinski definition) is 2. The first-order valence-corrected chi connectivity index (χ1v) is 46.0. The molecule has 11 aromatic carbocycles. The summed E-state index contributed by atoms with van der Waals surface area (Å²) in [5.74, 6) is 0. The molecule has 121 heavy (non-hydrogen) atoms. The van der Waals surface area contributed by atoms with E-state index in [4.69, 9.17) is 0 Å². The van der Waals surface area contributed by atoms with E-state index in [1.807, 2.05) is 0 Å². The van der Waals surface area contributed by atoms with Crippen LogP contribution >= 0.6 is 0 Å². The summed E-state index contributed by atoms with van der Waals surface area (Å²) in [4.78, 5) is 5.61. The van der Waals surface area contributed by atoms with Crippen LogP contribution in [0, 0.1) is 0 Å². The molecule has 6 heteroatoms. The second-order valence-electron chi connectivity index (χ2n) is 47.8. The molecule has 0 saturated heterocycles. The van der Waals surface area contributed by atoms with Gasteiger partial charge in [-0.2, -0.15) is 0 Å². The Kier molecular flexibility index (Phi) is 15.3. The zero-order chi connectivity index (χ0) is 85.1. The third-order valence-electron chi connectivity index (χ3n) is 32.9. The van der Waals surface area contributed by atoms with Gasteiger partial charge < -0.3 is 18.9 Å². The minimum absolute atomic E-state index is 0.00167. The van der Waals surface area contributed by atoms with E-state index >= 15 is 0 Å². The van der Waals surface area contributed by atoms with Gasteiger partial charge in [0.15, 0.2) is 0 Å². The number of fused-ring (bicyclic) bond motifs is 22. The topological polar surface area (TPSA) is 16.3 Å². The monoisotopic (exact) mass is 1580 g/mol. The Hall–Kier alpha value is -9.77. The third kappa shape index (κ3) is 10.4. The van der Waals surface area contributed by atoms with E-state index in [0.29, 0.717) is 0 Å². The standard InChI is InChI=1S/C115H124B2N4/c1-104(2,3)67-41-45-89-76(52-67)65-36-38-66(39-37-65)115(27,72-60-93-99-95(61-72)121-100-77(96-103(121)75-33-29-31-35-80(75)112(96,22)23)53-69(106(7,8)9)55-87(100)116(99)85-44-40-68(105(4,5)6)57-90(85)119(89)93)51-50-114(26)49-48-111(20,21)83-64-91-86(63-84(83)114)117-88-56-70(107(10,11)12)54-78-97-102(74-32-28-30-34-79(74)113(97,24)25)120(101(78)88)94-59-71(108(13,14)15)58-92(98(94)117)118(91)73-42-43-81-82(62-73)110(18,19)47-46-109(81,16)17/h28-45,52-64H,46-51H2,1-27H3. The quantitative estimate of drug-likeness (QED) is 0.163. The van der Waals surface area contributed by atoms with Crippen LogP contribution in [0.4, 0.5) is 34.1 Å². The van der Waals surface area contributed by atoms with Crippen molar-refractivity contribution in [2.75, 3.05) is 9.80 Å². The van der Waals surface area contributed by atoms with Gasteiger partial charge in [-0.25, -0.2) is 0 Å². The SMILES string of the molecule is CC(C)(C)c1ccc2c(c1)-c1ccc(cc1)C(C)(CCC1(C)CCC(C)(C)c3cc4c(cc31)B1c3c(cc(C(C)(C)C)cc3-n3c5c(c6cc(C(C)(C)C)cc1c63)C(C)(C)c1ccccc1-5)N4c1ccc3c(c1)C(C)(C)CCC3(C)C)c1cc3c4c(c1)-n1c5c(c6cc(C(C)(C)C)cc(c61)B4c1ccc(C(C)(C)C)cc1N23)C(C)(C)c1ccccc1-5. The number of rotatable bonds is 4. The van der Waals surface area contributed by atoms with E-state index in [1.54, 1.807) is 0 Å². The van der Waals surface area contributed by atoms with Crippen LogP contribution in [0.1, 0.15) is 309 Å². The van der Waals surface area contributed by atoms with Crippen molar-refractivity contribution in [3.63, 3.8) is 0 Å². The van der Waals surface area contributed by atoms with Gasteiger partial charge in [-0.05, 0) is 282 Å². The van der Waals surface area contributed by atoms with Gasteiger partial charge in [-0.15, -0.1) is 0 Å². The summed E-state index contributed by atoms with van der Waals surface area (Å²) in [5, 5.41) is 2.81. The summed E-state index contributed by atoms with van der Waals surface area (Å²) in [6.45, 7) is 66.9. The van der Waals surface area contributed by atoms with Crippen molar-refractivity contribution >= 4 is 102 Å².